The van der Waals surface area contributed by atoms with Crippen LogP contribution in [0.1, 0.15) is 106 Å². The maximum Gasteiger partial charge on any atom is 2.00 e. The van der Waals surface area contributed by atoms with Gasteiger partial charge in [-0.25, -0.2) is 0 Å². The summed E-state index contributed by atoms with van der Waals surface area (Å²) in [7, 11) is 0. The first-order chi connectivity index (χ1) is 10.8. The van der Waals surface area contributed by atoms with Gasteiger partial charge in [-0.2, -0.15) is 0 Å². The molecule has 0 unspecified atom stereocenters. The van der Waals surface area contributed by atoms with Crippen LogP contribution in [0, 0.1) is 10.8 Å². The Bertz CT molecular complexity index is 307. The maximum absolute atomic E-state index is 10.0. The number of carbonyl (C=O) groups is 2. The fourth-order valence-electron chi connectivity index (χ4n) is 2.20. The number of carboxylic acids is 2. The van der Waals surface area contributed by atoms with Gasteiger partial charge < -0.3 is 19.8 Å². The number of aliphatic carboxylic acids is 2. The Balaban J connectivity index is -0.000000372. The Hall–Kier alpha value is 0.421. The van der Waals surface area contributed by atoms with Crippen LogP contribution in [0.25, 0.3) is 0 Å². The summed E-state index contributed by atoms with van der Waals surface area (Å²) >= 11 is 0. The zero-order chi connectivity index (χ0) is 19.2. The predicted molar refractivity (Wildman–Crippen MR) is 101 cm³/mol. The summed E-state index contributed by atoms with van der Waals surface area (Å²) in [6.45, 7) is 13.2. The van der Waals surface area contributed by atoms with Crippen molar-refractivity contribution in [2.24, 2.45) is 10.8 Å². The molecule has 0 heterocycles. The molecule has 0 aromatic rings. The quantitative estimate of drug-likeness (QED) is 0.394. The number of carboxylic acid groups (broad SMARTS) is 2. The summed E-state index contributed by atoms with van der Waals surface area (Å²) in [6, 6.07) is 0. The predicted octanol–water partition coefficient (Wildman–Crippen LogP) is 3.09. The molecule has 4 nitrogen and oxygen atoms in total. The Morgan fingerprint density at radius 2 is 0.880 bits per heavy atom. The zero-order valence-corrected chi connectivity index (χ0v) is 20.9. The fourth-order valence-corrected chi connectivity index (χ4v) is 2.20. The van der Waals surface area contributed by atoms with Gasteiger partial charge in [0.2, 0.25) is 0 Å². The molecule has 0 aromatic carbocycles. The van der Waals surface area contributed by atoms with E-state index in [1.807, 2.05) is 0 Å². The summed E-state index contributed by atoms with van der Waals surface area (Å²) in [5, 5.41) is 20.1. The molecule has 0 fully saturated rings. The maximum atomic E-state index is 10.0. The average molecular weight is 430 g/mol. The molecule has 144 valence electrons. The topological polar surface area (TPSA) is 80.3 Å². The molecule has 0 N–H and O–H groups in total. The number of hydrogen-bond acceptors (Lipinski definition) is 4. The molecule has 0 aliphatic carbocycles. The Kier molecular flexibility index (Phi) is 20.0. The van der Waals surface area contributed by atoms with Crippen molar-refractivity contribution < 1.29 is 19.8 Å². The molecule has 0 bridgehead atoms. The minimum atomic E-state index is -0.925. The normalized spacial score (nSPS) is 11.1. The zero-order valence-electron chi connectivity index (χ0n) is 17.4. The Labute approximate surface area is 192 Å². The molecule has 0 saturated carbocycles. The van der Waals surface area contributed by atoms with Crippen LogP contribution in [-0.2, 0) is 9.59 Å². The Morgan fingerprint density at radius 1 is 0.600 bits per heavy atom. The van der Waals surface area contributed by atoms with Crippen molar-refractivity contribution in [3.05, 3.63) is 0 Å². The number of unbranched alkanes of at least 4 members (excludes halogenated alkanes) is 4. The summed E-state index contributed by atoms with van der Waals surface area (Å²) in [4.78, 5) is 20.1. The molecule has 0 rings (SSSR count). The third kappa shape index (κ3) is 36.2. The minimum Gasteiger partial charge on any atom is -0.550 e. The van der Waals surface area contributed by atoms with Crippen LogP contribution in [0.3, 0.4) is 0 Å². The van der Waals surface area contributed by atoms with Crippen molar-refractivity contribution in [2.75, 3.05) is 0 Å². The molecule has 25 heavy (non-hydrogen) atoms. The van der Waals surface area contributed by atoms with Crippen LogP contribution in [-0.4, -0.2) is 57.4 Å². The number of carbonyl (C=O) groups excluding carboxylic acids is 2. The van der Waals surface area contributed by atoms with Crippen molar-refractivity contribution in [1.82, 2.24) is 0 Å². The van der Waals surface area contributed by atoms with Gasteiger partial charge >= 0.3 is 45.5 Å². The van der Waals surface area contributed by atoms with E-state index in [2.05, 4.69) is 41.5 Å². The summed E-state index contributed by atoms with van der Waals surface area (Å²) in [5.41, 5.74) is 0.753. The largest absolute Gasteiger partial charge is 2.00 e. The van der Waals surface area contributed by atoms with Crippen molar-refractivity contribution in [3.8, 4) is 0 Å². The number of rotatable bonds is 10. The molecule has 0 spiro atoms. The van der Waals surface area contributed by atoms with Crippen molar-refractivity contribution in [2.45, 2.75) is 106 Å². The van der Waals surface area contributed by atoms with Crippen molar-refractivity contribution in [1.29, 1.82) is 0 Å². The molecule has 0 amide bonds. The van der Waals surface area contributed by atoms with E-state index in [0.29, 0.717) is 10.8 Å². The van der Waals surface area contributed by atoms with Gasteiger partial charge in [-0.1, -0.05) is 67.2 Å². The molecule has 0 aliphatic heterocycles. The van der Waals surface area contributed by atoms with E-state index in [1.165, 1.54) is 12.8 Å². The van der Waals surface area contributed by atoms with Crippen LogP contribution in [0.4, 0.5) is 0 Å². The molecule has 5 heteroatoms. The first-order valence-electron chi connectivity index (χ1n) is 9.23. The number of hydrogen-bond donors (Lipinski definition) is 0. The summed E-state index contributed by atoms with van der Waals surface area (Å²) < 4.78 is 0. The smallest absolute Gasteiger partial charge is 0.550 e. The van der Waals surface area contributed by atoms with E-state index in [1.54, 1.807) is 0 Å². The molecular formula is C20H38O4Sr. The molecule has 0 saturated heterocycles. The van der Waals surface area contributed by atoms with Crippen LogP contribution in [0.2, 0.25) is 0 Å². The van der Waals surface area contributed by atoms with Crippen molar-refractivity contribution >= 4 is 57.4 Å². The third-order valence-corrected chi connectivity index (χ3v) is 3.62. The van der Waals surface area contributed by atoms with E-state index < -0.39 is 11.9 Å². The summed E-state index contributed by atoms with van der Waals surface area (Å²) in [6.07, 6.45) is 8.54. The summed E-state index contributed by atoms with van der Waals surface area (Å²) in [5.74, 6) is -1.85. The second-order valence-corrected chi connectivity index (χ2v) is 8.99. The Morgan fingerprint density at radius 3 is 1.08 bits per heavy atom. The first kappa shape index (κ1) is 30.2. The third-order valence-electron chi connectivity index (χ3n) is 3.62. The monoisotopic (exact) mass is 430 g/mol. The minimum absolute atomic E-state index is 0. The van der Waals surface area contributed by atoms with Crippen LogP contribution in [0.15, 0.2) is 0 Å². The second-order valence-electron chi connectivity index (χ2n) is 8.99. The van der Waals surface area contributed by atoms with Gasteiger partial charge in [0, 0.05) is 11.9 Å². The van der Waals surface area contributed by atoms with Crippen LogP contribution in [0.5, 0.6) is 0 Å². The molecule has 0 aromatic heterocycles. The van der Waals surface area contributed by atoms with E-state index >= 15 is 0 Å². The average Bonchev–Trinajstić information content (AvgIpc) is 2.35. The standard InChI is InChI=1S/2C10H20O2.Sr/c2*1-10(2,3)8-6-4-5-7-9(11)12;/h2*4-8H2,1-3H3,(H,11,12);/q;;+2/p-2. The first-order valence-corrected chi connectivity index (χ1v) is 9.23. The van der Waals surface area contributed by atoms with E-state index in [4.69, 9.17) is 0 Å². The van der Waals surface area contributed by atoms with Crippen LogP contribution >= 0.6 is 0 Å². The van der Waals surface area contributed by atoms with E-state index in [-0.39, 0.29) is 58.3 Å². The fraction of sp³-hybridized carbons (Fsp3) is 0.900. The molecule has 0 atom stereocenters. The van der Waals surface area contributed by atoms with Gasteiger partial charge in [-0.3, -0.25) is 0 Å². The van der Waals surface area contributed by atoms with E-state index in [0.717, 1.165) is 38.5 Å². The van der Waals surface area contributed by atoms with Gasteiger partial charge in [0.25, 0.3) is 0 Å². The molecular weight excluding hydrogens is 392 g/mol. The second kappa shape index (κ2) is 16.6. The van der Waals surface area contributed by atoms with Gasteiger partial charge in [0.05, 0.1) is 0 Å². The van der Waals surface area contributed by atoms with Gasteiger partial charge in [0.15, 0.2) is 0 Å². The van der Waals surface area contributed by atoms with Crippen molar-refractivity contribution in [3.63, 3.8) is 0 Å². The van der Waals surface area contributed by atoms with Crippen LogP contribution < -0.4 is 10.2 Å². The molecule has 0 radical (unpaired) electrons. The SMILES string of the molecule is CC(C)(C)CCCCCC(=O)[O-].CC(C)(C)CCCCCC(=O)[O-].[Sr+2]. The van der Waals surface area contributed by atoms with Gasteiger partial charge in [0.1, 0.15) is 0 Å². The van der Waals surface area contributed by atoms with Gasteiger partial charge in [-0.15, -0.1) is 0 Å². The van der Waals surface area contributed by atoms with E-state index in [9.17, 15) is 19.8 Å². The molecule has 0 aliphatic rings. The van der Waals surface area contributed by atoms with Gasteiger partial charge in [-0.05, 0) is 49.4 Å².